The molecule has 0 heterocycles. The molecule has 0 aliphatic heterocycles. The summed E-state index contributed by atoms with van der Waals surface area (Å²) in [5.41, 5.74) is 0. The van der Waals surface area contributed by atoms with Crippen molar-refractivity contribution >= 4 is 41.8 Å². The molecule has 0 unspecified atom stereocenters. The van der Waals surface area contributed by atoms with E-state index in [0.717, 1.165) is 10.8 Å². The van der Waals surface area contributed by atoms with E-state index in [-0.39, 0.29) is 34.8 Å². The monoisotopic (exact) mass is 439 g/mol. The fourth-order valence-electron chi connectivity index (χ4n) is 2.83. The third-order valence-electron chi connectivity index (χ3n) is 4.05. The molecule has 4 aromatic carbocycles. The Balaban J connectivity index is 0.000000281. The molecule has 7 nitrogen and oxygen atoms in total. The zero-order valence-corrected chi connectivity index (χ0v) is 17.7. The molecule has 0 spiro atoms. The van der Waals surface area contributed by atoms with Crippen molar-refractivity contribution in [1.82, 2.24) is 6.15 Å². The van der Waals surface area contributed by atoms with Crippen molar-refractivity contribution in [2.75, 3.05) is 0 Å². The Bertz CT molecular complexity index is 1250. The normalized spacial score (nSPS) is 11.0. The largest absolute Gasteiger partial charge is 1.00 e. The quantitative estimate of drug-likeness (QED) is 0.350. The smallest absolute Gasteiger partial charge is 0.744 e. The van der Waals surface area contributed by atoms with Crippen LogP contribution in [0.2, 0.25) is 0 Å². The maximum atomic E-state index is 11.0. The fourth-order valence-corrected chi connectivity index (χ4v) is 4.25. The van der Waals surface area contributed by atoms with Crippen molar-refractivity contribution in [3.63, 3.8) is 0 Å². The molecule has 4 rings (SSSR count). The summed E-state index contributed by atoms with van der Waals surface area (Å²) in [6.07, 6.45) is 0. The van der Waals surface area contributed by atoms with Gasteiger partial charge in [-0.2, -0.15) is 8.42 Å². The molecule has 0 fully saturated rings. The summed E-state index contributed by atoms with van der Waals surface area (Å²) >= 11 is 0. The van der Waals surface area contributed by atoms with E-state index in [9.17, 15) is 21.4 Å². The molecule has 152 valence electrons. The van der Waals surface area contributed by atoms with E-state index in [1.807, 2.05) is 6.07 Å². The molecule has 10 heteroatoms. The standard InChI is InChI=1S/2C10H8O3S.Li.H3N/c2*11-14(12,13)10-7-3-5-8-4-1-2-6-9(8)10;;/h2*1-7H,(H,11,12,13);;1H3/q;;+1;/p-1. The van der Waals surface area contributed by atoms with Gasteiger partial charge in [0.05, 0.1) is 4.90 Å². The van der Waals surface area contributed by atoms with Gasteiger partial charge in [-0.15, -0.1) is 0 Å². The van der Waals surface area contributed by atoms with Crippen LogP contribution < -0.4 is 25.0 Å². The second kappa shape index (κ2) is 10.2. The van der Waals surface area contributed by atoms with Crippen LogP contribution in [0.5, 0.6) is 0 Å². The average Bonchev–Trinajstić information content (AvgIpc) is 2.66. The van der Waals surface area contributed by atoms with Crippen molar-refractivity contribution in [1.29, 1.82) is 0 Å². The molecule has 4 N–H and O–H groups in total. The van der Waals surface area contributed by atoms with E-state index < -0.39 is 20.2 Å². The van der Waals surface area contributed by atoms with E-state index >= 15 is 0 Å². The van der Waals surface area contributed by atoms with Gasteiger partial charge in [-0.3, -0.25) is 4.55 Å². The molecule has 30 heavy (non-hydrogen) atoms. The van der Waals surface area contributed by atoms with Crippen molar-refractivity contribution < 1.29 is 44.8 Å². The summed E-state index contributed by atoms with van der Waals surface area (Å²) in [7, 11) is -8.51. The van der Waals surface area contributed by atoms with Gasteiger partial charge in [0.1, 0.15) is 15.0 Å². The van der Waals surface area contributed by atoms with Gasteiger partial charge >= 0.3 is 18.9 Å². The maximum Gasteiger partial charge on any atom is 1.00 e. The van der Waals surface area contributed by atoms with Crippen LogP contribution in [0, 0.1) is 0 Å². The Hall–Kier alpha value is -2.22. The number of fused-ring (bicyclic) bond motifs is 2. The molecule has 0 aromatic heterocycles. The van der Waals surface area contributed by atoms with Crippen LogP contribution in [-0.4, -0.2) is 25.9 Å². The number of benzene rings is 4. The van der Waals surface area contributed by atoms with Crippen LogP contribution in [0.25, 0.3) is 21.5 Å². The third kappa shape index (κ3) is 5.90. The molecule has 4 aromatic rings. The van der Waals surface area contributed by atoms with Gasteiger partial charge in [-0.05, 0) is 28.3 Å². The minimum Gasteiger partial charge on any atom is -0.744 e. The summed E-state index contributed by atoms with van der Waals surface area (Å²) in [5, 5.41) is 2.56. The van der Waals surface area contributed by atoms with Crippen LogP contribution in [0.1, 0.15) is 0 Å². The minimum atomic E-state index is -4.38. The van der Waals surface area contributed by atoms with Gasteiger partial charge < -0.3 is 10.7 Å². The zero-order valence-electron chi connectivity index (χ0n) is 16.1. The Morgan fingerprint density at radius 1 is 0.600 bits per heavy atom. The molecular formula is C20H18LiNO6S2. The fraction of sp³-hybridized carbons (Fsp3) is 0. The first-order valence-corrected chi connectivity index (χ1v) is 10.9. The SMILES string of the molecule is N.O=S(=O)(O)c1cccc2ccccc12.O=S(=O)([O-])c1cccc2ccccc12.[Li+]. The Morgan fingerprint density at radius 2 is 0.967 bits per heavy atom. The van der Waals surface area contributed by atoms with Crippen molar-refractivity contribution in [3.8, 4) is 0 Å². The van der Waals surface area contributed by atoms with E-state index in [4.69, 9.17) is 4.55 Å². The Kier molecular flexibility index (Phi) is 8.77. The second-order valence-electron chi connectivity index (χ2n) is 5.88. The van der Waals surface area contributed by atoms with Gasteiger partial charge in [0.2, 0.25) is 0 Å². The summed E-state index contributed by atoms with van der Waals surface area (Å²) in [5.74, 6) is 0. The number of hydrogen-bond acceptors (Lipinski definition) is 6. The Morgan fingerprint density at radius 3 is 1.40 bits per heavy atom. The third-order valence-corrected chi connectivity index (χ3v) is 5.85. The number of rotatable bonds is 2. The first-order valence-electron chi connectivity index (χ1n) is 8.07. The maximum absolute atomic E-state index is 11.0. The van der Waals surface area contributed by atoms with E-state index in [1.54, 1.807) is 66.7 Å². The van der Waals surface area contributed by atoms with Crippen LogP contribution in [0.15, 0.2) is 94.7 Å². The summed E-state index contributed by atoms with van der Waals surface area (Å²) < 4.78 is 63.6. The minimum absolute atomic E-state index is 0. The summed E-state index contributed by atoms with van der Waals surface area (Å²) in [6, 6.07) is 23.3. The van der Waals surface area contributed by atoms with E-state index in [2.05, 4.69) is 0 Å². The van der Waals surface area contributed by atoms with Gasteiger partial charge in [-0.25, -0.2) is 8.42 Å². The molecule has 0 aliphatic rings. The Labute approximate surface area is 187 Å². The molecule has 0 saturated heterocycles. The van der Waals surface area contributed by atoms with E-state index in [1.165, 1.54) is 12.1 Å². The van der Waals surface area contributed by atoms with Gasteiger partial charge in [-0.1, -0.05) is 72.8 Å². The van der Waals surface area contributed by atoms with Crippen LogP contribution in [-0.2, 0) is 20.2 Å². The molecule has 0 saturated carbocycles. The molecule has 0 radical (unpaired) electrons. The average molecular weight is 439 g/mol. The summed E-state index contributed by atoms with van der Waals surface area (Å²) in [4.78, 5) is -0.203. The van der Waals surface area contributed by atoms with Crippen molar-refractivity contribution in [3.05, 3.63) is 84.9 Å². The first kappa shape index (κ1) is 25.8. The topological polar surface area (TPSA) is 147 Å². The van der Waals surface area contributed by atoms with Crippen LogP contribution in [0.4, 0.5) is 0 Å². The van der Waals surface area contributed by atoms with E-state index in [0.29, 0.717) is 10.8 Å². The molecule has 0 bridgehead atoms. The first-order chi connectivity index (χ1) is 13.2. The van der Waals surface area contributed by atoms with Crippen LogP contribution >= 0.6 is 0 Å². The zero-order chi connectivity index (χ0) is 20.4. The molecular weight excluding hydrogens is 421 g/mol. The predicted molar refractivity (Wildman–Crippen MR) is 111 cm³/mol. The van der Waals surface area contributed by atoms with Gasteiger partial charge in [0.15, 0.2) is 0 Å². The second-order valence-corrected chi connectivity index (χ2v) is 8.62. The molecule has 0 atom stereocenters. The molecule has 0 aliphatic carbocycles. The van der Waals surface area contributed by atoms with Crippen LogP contribution in [0.3, 0.4) is 0 Å². The van der Waals surface area contributed by atoms with Gasteiger partial charge in [0.25, 0.3) is 10.1 Å². The predicted octanol–water partition coefficient (Wildman–Crippen LogP) is 0.996. The summed E-state index contributed by atoms with van der Waals surface area (Å²) in [6.45, 7) is 0. The molecule has 0 amide bonds. The number of hydrogen-bond donors (Lipinski definition) is 2. The van der Waals surface area contributed by atoms with Crippen molar-refractivity contribution in [2.45, 2.75) is 9.79 Å². The van der Waals surface area contributed by atoms with Crippen molar-refractivity contribution in [2.24, 2.45) is 0 Å². The van der Waals surface area contributed by atoms with Gasteiger partial charge in [0, 0.05) is 5.39 Å².